The number of hydrogen-bond acceptors (Lipinski definition) is 3. The van der Waals surface area contributed by atoms with Gasteiger partial charge in [-0.25, -0.2) is 4.98 Å². The van der Waals surface area contributed by atoms with E-state index in [1.54, 1.807) is 25.5 Å². The molecule has 2 heterocycles. The van der Waals surface area contributed by atoms with Gasteiger partial charge in [-0.2, -0.15) is 0 Å². The Hall–Kier alpha value is -2.04. The van der Waals surface area contributed by atoms with Crippen molar-refractivity contribution in [2.24, 2.45) is 0 Å². The summed E-state index contributed by atoms with van der Waals surface area (Å²) in [5, 5.41) is 2.91. The van der Waals surface area contributed by atoms with E-state index < -0.39 is 0 Å². The minimum atomic E-state index is -0.108. The van der Waals surface area contributed by atoms with Gasteiger partial charge in [-0.1, -0.05) is 0 Å². The largest absolute Gasteiger partial charge is 0.469 e. The number of nitrogens with zero attached hydrogens (tertiary/aromatic N) is 2. The summed E-state index contributed by atoms with van der Waals surface area (Å²) < 4.78 is 7.02. The van der Waals surface area contributed by atoms with E-state index in [0.717, 1.165) is 0 Å². The molecule has 0 radical (unpaired) electrons. The average Bonchev–Trinajstić information content (AvgIpc) is 2.88. The minimum absolute atomic E-state index is 0.0333. The second kappa shape index (κ2) is 4.86. The fourth-order valence-electron chi connectivity index (χ4n) is 1.68. The molecule has 1 N–H and O–H groups in total. The first-order chi connectivity index (χ1) is 8.16. The smallest absolute Gasteiger partial charge is 0.255 e. The number of imidazole rings is 1. The van der Waals surface area contributed by atoms with Gasteiger partial charge in [-0.3, -0.25) is 4.79 Å². The first kappa shape index (κ1) is 11.4. The average molecular weight is 233 g/mol. The standard InChI is InChI=1S/C12H15N3O2/c1-9(7-15-5-4-13-8-15)14-12(16)11-3-6-17-10(11)2/h3-6,8-9H,7H2,1-2H3,(H,14,16)/t9-/m0/s1. The van der Waals surface area contributed by atoms with Crippen LogP contribution in [0.2, 0.25) is 0 Å². The summed E-state index contributed by atoms with van der Waals surface area (Å²) >= 11 is 0. The highest BCUT2D eigenvalue weighted by atomic mass is 16.3. The summed E-state index contributed by atoms with van der Waals surface area (Å²) in [5.41, 5.74) is 0.586. The van der Waals surface area contributed by atoms with Crippen LogP contribution in [0.25, 0.3) is 0 Å². The Morgan fingerprint density at radius 1 is 1.65 bits per heavy atom. The monoisotopic (exact) mass is 233 g/mol. The van der Waals surface area contributed by atoms with Crippen molar-refractivity contribution in [1.82, 2.24) is 14.9 Å². The molecule has 1 amide bonds. The molecule has 0 aliphatic rings. The van der Waals surface area contributed by atoms with E-state index in [1.807, 2.05) is 17.7 Å². The van der Waals surface area contributed by atoms with Crippen molar-refractivity contribution in [3.8, 4) is 0 Å². The van der Waals surface area contributed by atoms with Crippen LogP contribution in [-0.2, 0) is 6.54 Å². The Bertz CT molecular complexity index is 488. The number of aromatic nitrogens is 2. The van der Waals surface area contributed by atoms with Crippen LogP contribution >= 0.6 is 0 Å². The van der Waals surface area contributed by atoms with Crippen LogP contribution < -0.4 is 5.32 Å². The fraction of sp³-hybridized carbons (Fsp3) is 0.333. The molecular formula is C12H15N3O2. The summed E-state index contributed by atoms with van der Waals surface area (Å²) in [7, 11) is 0. The third kappa shape index (κ3) is 2.75. The molecule has 1 atom stereocenters. The molecule has 0 aromatic carbocycles. The quantitative estimate of drug-likeness (QED) is 0.872. The lowest BCUT2D eigenvalue weighted by atomic mass is 10.2. The van der Waals surface area contributed by atoms with Gasteiger partial charge < -0.3 is 14.3 Å². The normalized spacial score (nSPS) is 12.4. The SMILES string of the molecule is Cc1occc1C(=O)N[C@@H](C)Cn1ccnc1. The van der Waals surface area contributed by atoms with Gasteiger partial charge in [0, 0.05) is 25.0 Å². The van der Waals surface area contributed by atoms with Crippen molar-refractivity contribution in [3.05, 3.63) is 42.4 Å². The second-order valence-electron chi connectivity index (χ2n) is 4.02. The third-order valence-electron chi connectivity index (χ3n) is 2.52. The summed E-state index contributed by atoms with van der Waals surface area (Å²) in [4.78, 5) is 15.8. The lowest BCUT2D eigenvalue weighted by Gasteiger charge is -2.13. The molecule has 2 rings (SSSR count). The van der Waals surface area contributed by atoms with Gasteiger partial charge in [-0.05, 0) is 19.9 Å². The maximum Gasteiger partial charge on any atom is 0.255 e. The molecule has 0 bridgehead atoms. The Morgan fingerprint density at radius 3 is 3.06 bits per heavy atom. The molecule has 5 heteroatoms. The zero-order valence-corrected chi connectivity index (χ0v) is 9.88. The van der Waals surface area contributed by atoms with Crippen LogP contribution in [0.1, 0.15) is 23.0 Å². The van der Waals surface area contributed by atoms with Crippen molar-refractivity contribution in [3.63, 3.8) is 0 Å². The number of carbonyl (C=O) groups excluding carboxylic acids is 1. The van der Waals surface area contributed by atoms with Crippen LogP contribution in [0.4, 0.5) is 0 Å². The van der Waals surface area contributed by atoms with Gasteiger partial charge >= 0.3 is 0 Å². The van der Waals surface area contributed by atoms with Gasteiger partial charge in [0.2, 0.25) is 0 Å². The van der Waals surface area contributed by atoms with E-state index in [9.17, 15) is 4.79 Å². The van der Waals surface area contributed by atoms with E-state index in [4.69, 9.17) is 4.42 Å². The molecule has 0 saturated heterocycles. The number of hydrogen-bond donors (Lipinski definition) is 1. The van der Waals surface area contributed by atoms with E-state index in [-0.39, 0.29) is 11.9 Å². The van der Waals surface area contributed by atoms with Gasteiger partial charge in [0.15, 0.2) is 0 Å². The number of furan rings is 1. The van der Waals surface area contributed by atoms with Gasteiger partial charge in [0.1, 0.15) is 5.76 Å². The molecule has 0 fully saturated rings. The topological polar surface area (TPSA) is 60.1 Å². The fourth-order valence-corrected chi connectivity index (χ4v) is 1.68. The molecule has 0 saturated carbocycles. The van der Waals surface area contributed by atoms with Crippen LogP contribution in [0.15, 0.2) is 35.5 Å². The molecule has 0 aliphatic heterocycles. The zero-order chi connectivity index (χ0) is 12.3. The molecule has 2 aromatic rings. The van der Waals surface area contributed by atoms with Crippen LogP contribution in [0.3, 0.4) is 0 Å². The highest BCUT2D eigenvalue weighted by Gasteiger charge is 2.13. The van der Waals surface area contributed by atoms with E-state index in [1.165, 1.54) is 6.26 Å². The highest BCUT2D eigenvalue weighted by Crippen LogP contribution is 2.08. The lowest BCUT2D eigenvalue weighted by Crippen LogP contribution is -2.35. The number of amides is 1. The van der Waals surface area contributed by atoms with Crippen LogP contribution in [0, 0.1) is 6.92 Å². The molecule has 90 valence electrons. The highest BCUT2D eigenvalue weighted by molar-refractivity contribution is 5.95. The van der Waals surface area contributed by atoms with Crippen molar-refractivity contribution < 1.29 is 9.21 Å². The third-order valence-corrected chi connectivity index (χ3v) is 2.52. The number of nitrogens with one attached hydrogen (secondary N) is 1. The summed E-state index contributed by atoms with van der Waals surface area (Å²) in [6, 6.07) is 1.71. The molecule has 0 unspecified atom stereocenters. The number of aryl methyl sites for hydroxylation is 1. The Balaban J connectivity index is 1.93. The lowest BCUT2D eigenvalue weighted by molar-refractivity contribution is 0.0935. The maximum absolute atomic E-state index is 11.9. The first-order valence-corrected chi connectivity index (χ1v) is 5.47. The first-order valence-electron chi connectivity index (χ1n) is 5.47. The van der Waals surface area contributed by atoms with Crippen molar-refractivity contribution in [2.45, 2.75) is 26.4 Å². The number of carbonyl (C=O) groups is 1. The zero-order valence-electron chi connectivity index (χ0n) is 9.88. The predicted molar refractivity (Wildman–Crippen MR) is 62.6 cm³/mol. The molecule has 2 aromatic heterocycles. The summed E-state index contributed by atoms with van der Waals surface area (Å²) in [6.07, 6.45) is 6.83. The molecule has 0 spiro atoms. The van der Waals surface area contributed by atoms with Crippen molar-refractivity contribution >= 4 is 5.91 Å². The Morgan fingerprint density at radius 2 is 2.47 bits per heavy atom. The van der Waals surface area contributed by atoms with Crippen molar-refractivity contribution in [2.75, 3.05) is 0 Å². The summed E-state index contributed by atoms with van der Waals surface area (Å²) in [6.45, 7) is 4.42. The Labute approximate surface area is 99.5 Å². The van der Waals surface area contributed by atoms with Crippen LogP contribution in [0.5, 0.6) is 0 Å². The minimum Gasteiger partial charge on any atom is -0.469 e. The molecule has 5 nitrogen and oxygen atoms in total. The van der Waals surface area contributed by atoms with Gasteiger partial charge in [-0.15, -0.1) is 0 Å². The van der Waals surface area contributed by atoms with E-state index in [0.29, 0.717) is 17.9 Å². The second-order valence-corrected chi connectivity index (χ2v) is 4.02. The molecule has 17 heavy (non-hydrogen) atoms. The van der Waals surface area contributed by atoms with Gasteiger partial charge in [0.05, 0.1) is 18.2 Å². The number of rotatable bonds is 4. The van der Waals surface area contributed by atoms with Crippen LogP contribution in [-0.4, -0.2) is 21.5 Å². The maximum atomic E-state index is 11.9. The predicted octanol–water partition coefficient (Wildman–Crippen LogP) is 1.60. The molecular weight excluding hydrogens is 218 g/mol. The van der Waals surface area contributed by atoms with E-state index >= 15 is 0 Å². The van der Waals surface area contributed by atoms with Crippen molar-refractivity contribution in [1.29, 1.82) is 0 Å². The Kier molecular flexibility index (Phi) is 3.27. The summed E-state index contributed by atoms with van der Waals surface area (Å²) in [5.74, 6) is 0.529. The molecule has 0 aliphatic carbocycles. The van der Waals surface area contributed by atoms with E-state index in [2.05, 4.69) is 10.3 Å². The van der Waals surface area contributed by atoms with Gasteiger partial charge in [0.25, 0.3) is 5.91 Å².